The summed E-state index contributed by atoms with van der Waals surface area (Å²) in [6.07, 6.45) is 3.49. The maximum Gasteiger partial charge on any atom is 0.258 e. The van der Waals surface area contributed by atoms with Gasteiger partial charge in [0, 0.05) is 6.54 Å². The Morgan fingerprint density at radius 2 is 2.23 bits per heavy atom. The first-order valence-electron chi connectivity index (χ1n) is 7.54. The van der Waals surface area contributed by atoms with Crippen LogP contribution >= 0.6 is 0 Å². The summed E-state index contributed by atoms with van der Waals surface area (Å²) in [5.74, 6) is 1.56. The number of amides is 1. The van der Waals surface area contributed by atoms with Crippen LogP contribution in [0.1, 0.15) is 40.8 Å². The molecule has 1 unspecified atom stereocenters. The van der Waals surface area contributed by atoms with E-state index in [2.05, 4.69) is 9.97 Å². The number of para-hydroxylation sites is 2. The van der Waals surface area contributed by atoms with Crippen molar-refractivity contribution in [2.24, 2.45) is 0 Å². The monoisotopic (exact) mass is 295 g/mol. The SMILES string of the molecule is Cc1occc1C(=O)N1CCCC1c1nc2ccccc2[nH]1. The third kappa shape index (κ3) is 2.01. The minimum atomic E-state index is 0.00852. The van der Waals surface area contributed by atoms with E-state index in [0.29, 0.717) is 11.3 Å². The molecule has 1 aliphatic rings. The molecule has 3 aromatic rings. The second-order valence-electron chi connectivity index (χ2n) is 5.69. The Bertz CT molecular complexity index is 800. The van der Waals surface area contributed by atoms with Gasteiger partial charge in [0.25, 0.3) is 5.91 Å². The average Bonchev–Trinajstić information content (AvgIpc) is 3.24. The molecule has 0 spiro atoms. The van der Waals surface area contributed by atoms with Crippen LogP contribution in [0.5, 0.6) is 0 Å². The van der Waals surface area contributed by atoms with E-state index in [0.717, 1.165) is 36.2 Å². The molecule has 1 aromatic carbocycles. The molecule has 22 heavy (non-hydrogen) atoms. The highest BCUT2D eigenvalue weighted by atomic mass is 16.3. The largest absolute Gasteiger partial charge is 0.469 e. The molecule has 1 aliphatic heterocycles. The molecule has 1 N–H and O–H groups in total. The third-order valence-corrected chi connectivity index (χ3v) is 4.33. The van der Waals surface area contributed by atoms with E-state index in [-0.39, 0.29) is 11.9 Å². The first-order chi connectivity index (χ1) is 10.7. The normalized spacial score (nSPS) is 18.2. The highest BCUT2D eigenvalue weighted by Gasteiger charge is 2.33. The van der Waals surface area contributed by atoms with Crippen LogP contribution in [0, 0.1) is 6.92 Å². The van der Waals surface area contributed by atoms with Gasteiger partial charge in [0.1, 0.15) is 11.6 Å². The number of imidazole rings is 1. The third-order valence-electron chi connectivity index (χ3n) is 4.33. The Balaban J connectivity index is 1.69. The summed E-state index contributed by atoms with van der Waals surface area (Å²) in [5, 5.41) is 0. The van der Waals surface area contributed by atoms with E-state index < -0.39 is 0 Å². The van der Waals surface area contributed by atoms with Gasteiger partial charge in [-0.3, -0.25) is 4.79 Å². The lowest BCUT2D eigenvalue weighted by Gasteiger charge is -2.22. The average molecular weight is 295 g/mol. The van der Waals surface area contributed by atoms with E-state index in [1.165, 1.54) is 0 Å². The van der Waals surface area contributed by atoms with E-state index in [9.17, 15) is 4.79 Å². The number of aromatic nitrogens is 2. The lowest BCUT2D eigenvalue weighted by Crippen LogP contribution is -2.31. The fraction of sp³-hybridized carbons (Fsp3) is 0.294. The molecular formula is C17H17N3O2. The van der Waals surface area contributed by atoms with Crippen molar-refractivity contribution in [2.45, 2.75) is 25.8 Å². The number of benzene rings is 1. The molecule has 5 nitrogen and oxygen atoms in total. The van der Waals surface area contributed by atoms with Crippen molar-refractivity contribution in [1.82, 2.24) is 14.9 Å². The first-order valence-corrected chi connectivity index (χ1v) is 7.54. The first kappa shape index (κ1) is 13.1. The summed E-state index contributed by atoms with van der Waals surface area (Å²) in [6, 6.07) is 9.69. The molecule has 0 aliphatic carbocycles. The summed E-state index contributed by atoms with van der Waals surface area (Å²) >= 11 is 0. The molecule has 4 rings (SSSR count). The maximum atomic E-state index is 12.8. The van der Waals surface area contributed by atoms with Crippen LogP contribution in [0.3, 0.4) is 0 Å². The van der Waals surface area contributed by atoms with E-state index >= 15 is 0 Å². The number of aryl methyl sites for hydroxylation is 1. The number of rotatable bonds is 2. The molecule has 5 heteroatoms. The van der Waals surface area contributed by atoms with Gasteiger partial charge in [0.2, 0.25) is 0 Å². The van der Waals surface area contributed by atoms with Crippen LogP contribution in [0.25, 0.3) is 11.0 Å². The number of hydrogen-bond acceptors (Lipinski definition) is 3. The van der Waals surface area contributed by atoms with Gasteiger partial charge in [-0.1, -0.05) is 12.1 Å². The Hall–Kier alpha value is -2.56. The quantitative estimate of drug-likeness (QED) is 0.787. The zero-order valence-corrected chi connectivity index (χ0v) is 12.4. The van der Waals surface area contributed by atoms with Gasteiger partial charge in [0.05, 0.1) is 28.9 Å². The number of hydrogen-bond donors (Lipinski definition) is 1. The highest BCUT2D eigenvalue weighted by Crippen LogP contribution is 2.33. The maximum absolute atomic E-state index is 12.8. The number of nitrogens with one attached hydrogen (secondary N) is 1. The topological polar surface area (TPSA) is 62.1 Å². The predicted octanol–water partition coefficient (Wildman–Crippen LogP) is 3.44. The van der Waals surface area contributed by atoms with Gasteiger partial charge in [-0.2, -0.15) is 0 Å². The fourth-order valence-electron chi connectivity index (χ4n) is 3.19. The van der Waals surface area contributed by atoms with Crippen LogP contribution < -0.4 is 0 Å². The predicted molar refractivity (Wildman–Crippen MR) is 82.6 cm³/mol. The van der Waals surface area contributed by atoms with Crippen LogP contribution in [0.15, 0.2) is 41.0 Å². The molecule has 0 radical (unpaired) electrons. The second kappa shape index (κ2) is 5.02. The highest BCUT2D eigenvalue weighted by molar-refractivity contribution is 5.95. The van der Waals surface area contributed by atoms with Crippen molar-refractivity contribution in [3.8, 4) is 0 Å². The summed E-state index contributed by atoms with van der Waals surface area (Å²) in [7, 11) is 0. The van der Waals surface area contributed by atoms with Gasteiger partial charge >= 0.3 is 0 Å². The van der Waals surface area contributed by atoms with E-state index in [1.807, 2.05) is 36.1 Å². The van der Waals surface area contributed by atoms with Crippen LogP contribution in [-0.4, -0.2) is 27.3 Å². The summed E-state index contributed by atoms with van der Waals surface area (Å²) in [4.78, 5) is 22.7. The fourth-order valence-corrected chi connectivity index (χ4v) is 3.19. The molecule has 1 fully saturated rings. The summed E-state index contributed by atoms with van der Waals surface area (Å²) in [5.41, 5.74) is 2.59. The summed E-state index contributed by atoms with van der Waals surface area (Å²) < 4.78 is 5.26. The molecular weight excluding hydrogens is 278 g/mol. The number of carbonyl (C=O) groups is 1. The number of furan rings is 1. The van der Waals surface area contributed by atoms with Crippen molar-refractivity contribution in [2.75, 3.05) is 6.54 Å². The van der Waals surface area contributed by atoms with Crippen LogP contribution in [0.2, 0.25) is 0 Å². The Kier molecular flexibility index (Phi) is 2.99. The van der Waals surface area contributed by atoms with Gasteiger partial charge in [-0.05, 0) is 38.0 Å². The minimum Gasteiger partial charge on any atom is -0.469 e. The molecule has 3 heterocycles. The number of H-pyrrole nitrogens is 1. The van der Waals surface area contributed by atoms with Crippen LogP contribution in [0.4, 0.5) is 0 Å². The minimum absolute atomic E-state index is 0.00852. The second-order valence-corrected chi connectivity index (χ2v) is 5.69. The number of carbonyl (C=O) groups excluding carboxylic acids is 1. The zero-order valence-electron chi connectivity index (χ0n) is 12.4. The van der Waals surface area contributed by atoms with Crippen molar-refractivity contribution in [3.05, 3.63) is 53.7 Å². The van der Waals surface area contributed by atoms with Crippen molar-refractivity contribution in [3.63, 3.8) is 0 Å². The van der Waals surface area contributed by atoms with Crippen LogP contribution in [-0.2, 0) is 0 Å². The lowest BCUT2D eigenvalue weighted by molar-refractivity contribution is 0.0729. The molecule has 2 aromatic heterocycles. The Labute approximate surface area is 127 Å². The molecule has 112 valence electrons. The van der Waals surface area contributed by atoms with E-state index in [4.69, 9.17) is 4.42 Å². The van der Waals surface area contributed by atoms with Gasteiger partial charge in [0.15, 0.2) is 0 Å². The molecule has 1 saturated heterocycles. The molecule has 1 atom stereocenters. The van der Waals surface area contributed by atoms with Gasteiger partial charge in [-0.25, -0.2) is 4.98 Å². The standard InChI is InChI=1S/C17H17N3O2/c1-11-12(8-10-22-11)17(21)20-9-4-7-15(20)16-18-13-5-2-3-6-14(13)19-16/h2-3,5-6,8,10,15H,4,7,9H2,1H3,(H,18,19). The van der Waals surface area contributed by atoms with Gasteiger partial charge < -0.3 is 14.3 Å². The number of fused-ring (bicyclic) bond motifs is 1. The van der Waals surface area contributed by atoms with Gasteiger partial charge in [-0.15, -0.1) is 0 Å². The van der Waals surface area contributed by atoms with Crippen molar-refractivity contribution >= 4 is 16.9 Å². The number of aromatic amines is 1. The number of nitrogens with zero attached hydrogens (tertiary/aromatic N) is 2. The van der Waals surface area contributed by atoms with E-state index in [1.54, 1.807) is 12.3 Å². The Morgan fingerprint density at radius 3 is 3.00 bits per heavy atom. The molecule has 0 saturated carbocycles. The Morgan fingerprint density at radius 1 is 1.36 bits per heavy atom. The lowest BCUT2D eigenvalue weighted by atomic mass is 10.2. The zero-order chi connectivity index (χ0) is 15.1. The van der Waals surface area contributed by atoms with Crippen molar-refractivity contribution < 1.29 is 9.21 Å². The molecule has 0 bridgehead atoms. The number of likely N-dealkylation sites (tertiary alicyclic amines) is 1. The molecule has 1 amide bonds. The smallest absolute Gasteiger partial charge is 0.258 e. The van der Waals surface area contributed by atoms with Crippen molar-refractivity contribution in [1.29, 1.82) is 0 Å². The summed E-state index contributed by atoms with van der Waals surface area (Å²) in [6.45, 7) is 2.57.